The van der Waals surface area contributed by atoms with Crippen LogP contribution in [-0.4, -0.2) is 34.0 Å². The van der Waals surface area contributed by atoms with Crippen molar-refractivity contribution >= 4 is 21.6 Å². The van der Waals surface area contributed by atoms with E-state index in [9.17, 15) is 22.0 Å². The lowest BCUT2D eigenvalue weighted by Gasteiger charge is -2.17. The molecule has 0 aromatic heterocycles. The van der Waals surface area contributed by atoms with Gasteiger partial charge in [-0.3, -0.25) is 4.79 Å². The molecule has 0 unspecified atom stereocenters. The summed E-state index contributed by atoms with van der Waals surface area (Å²) in [7, 11) is -2.78. The molecule has 9 heteroatoms. The van der Waals surface area contributed by atoms with Crippen molar-refractivity contribution in [1.29, 1.82) is 0 Å². The van der Waals surface area contributed by atoms with Crippen molar-refractivity contribution in [3.05, 3.63) is 54.1 Å². The molecule has 6 nitrogen and oxygen atoms in total. The number of ether oxygens (including phenoxy) is 1. The molecule has 26 heavy (non-hydrogen) atoms. The number of halogens is 2. The van der Waals surface area contributed by atoms with Gasteiger partial charge in [0.25, 0.3) is 0 Å². The number of hydrogen-bond donors (Lipinski definition) is 1. The fourth-order valence-electron chi connectivity index (χ4n) is 2.75. The second-order valence-electron chi connectivity index (χ2n) is 5.73. The van der Waals surface area contributed by atoms with Gasteiger partial charge in [-0.2, -0.15) is 4.72 Å². The summed E-state index contributed by atoms with van der Waals surface area (Å²) in [6.45, 7) is 0.310. The van der Waals surface area contributed by atoms with E-state index in [4.69, 9.17) is 4.74 Å². The summed E-state index contributed by atoms with van der Waals surface area (Å²) in [5.41, 5.74) is 0.602. The Morgan fingerprint density at radius 1 is 1.15 bits per heavy atom. The van der Waals surface area contributed by atoms with Crippen LogP contribution < -0.4 is 14.4 Å². The van der Waals surface area contributed by atoms with Crippen LogP contribution in [0.4, 0.5) is 14.5 Å². The first-order valence-electron chi connectivity index (χ1n) is 7.74. The van der Waals surface area contributed by atoms with Gasteiger partial charge < -0.3 is 9.64 Å². The zero-order valence-electron chi connectivity index (χ0n) is 13.8. The minimum absolute atomic E-state index is 0.229. The molecule has 1 fully saturated rings. The molecule has 2 aromatic carbocycles. The van der Waals surface area contributed by atoms with Crippen molar-refractivity contribution in [3.63, 3.8) is 0 Å². The summed E-state index contributed by atoms with van der Waals surface area (Å²) in [4.78, 5) is 13.3. The van der Waals surface area contributed by atoms with Gasteiger partial charge in [0.2, 0.25) is 15.9 Å². The molecule has 1 N–H and O–H groups in total. The highest BCUT2D eigenvalue weighted by molar-refractivity contribution is 7.89. The van der Waals surface area contributed by atoms with E-state index in [1.807, 2.05) is 0 Å². The Morgan fingerprint density at radius 2 is 1.85 bits per heavy atom. The van der Waals surface area contributed by atoms with Crippen LogP contribution in [0, 0.1) is 11.6 Å². The standard InChI is InChI=1S/C17H16F2N2O4S/c1-25-13-5-3-12(4-6-13)21-9-8-15(17(21)22)20-26(23,24)16-7-2-11(18)10-14(16)19/h2-7,10,15,20H,8-9H2,1H3/t15-/m1/s1. The highest BCUT2D eigenvalue weighted by Crippen LogP contribution is 2.25. The van der Waals surface area contributed by atoms with Crippen LogP contribution in [0.15, 0.2) is 47.4 Å². The molecular formula is C17H16F2N2O4S. The third-order valence-corrected chi connectivity index (χ3v) is 5.58. The number of hydrogen-bond acceptors (Lipinski definition) is 4. The van der Waals surface area contributed by atoms with Crippen LogP contribution in [0.1, 0.15) is 6.42 Å². The van der Waals surface area contributed by atoms with Crippen molar-refractivity contribution in [1.82, 2.24) is 4.72 Å². The summed E-state index contributed by atoms with van der Waals surface area (Å²) in [5.74, 6) is -1.91. The molecule has 1 atom stereocenters. The van der Waals surface area contributed by atoms with E-state index in [2.05, 4.69) is 4.72 Å². The Bertz CT molecular complexity index is 932. The van der Waals surface area contributed by atoms with Gasteiger partial charge in [0.05, 0.1) is 7.11 Å². The van der Waals surface area contributed by atoms with E-state index in [-0.39, 0.29) is 6.42 Å². The Hall–Kier alpha value is -2.52. The SMILES string of the molecule is COc1ccc(N2CC[C@@H](NS(=O)(=O)c3ccc(F)cc3F)C2=O)cc1. The number of methoxy groups -OCH3 is 1. The molecule has 1 aliphatic rings. The third-order valence-electron chi connectivity index (χ3n) is 4.07. The van der Waals surface area contributed by atoms with Gasteiger partial charge in [0, 0.05) is 18.3 Å². The maximum Gasteiger partial charge on any atom is 0.245 e. The molecular weight excluding hydrogens is 366 g/mol. The number of carbonyl (C=O) groups is 1. The molecule has 2 aromatic rings. The van der Waals surface area contributed by atoms with Crippen molar-refractivity contribution in [2.24, 2.45) is 0 Å². The van der Waals surface area contributed by atoms with Crippen molar-refractivity contribution in [2.75, 3.05) is 18.6 Å². The molecule has 0 saturated carbocycles. The van der Waals surface area contributed by atoms with Gasteiger partial charge in [-0.25, -0.2) is 17.2 Å². The third kappa shape index (κ3) is 3.54. The lowest BCUT2D eigenvalue weighted by Crippen LogP contribution is -2.41. The topological polar surface area (TPSA) is 75.7 Å². The van der Waals surface area contributed by atoms with E-state index in [1.54, 1.807) is 24.3 Å². The fraction of sp³-hybridized carbons (Fsp3) is 0.235. The van der Waals surface area contributed by atoms with E-state index in [0.29, 0.717) is 24.0 Å². The molecule has 0 radical (unpaired) electrons. The van der Waals surface area contributed by atoms with E-state index in [1.165, 1.54) is 12.0 Å². The van der Waals surface area contributed by atoms with Crippen molar-refractivity contribution in [2.45, 2.75) is 17.4 Å². The number of nitrogens with one attached hydrogen (secondary N) is 1. The highest BCUT2D eigenvalue weighted by Gasteiger charge is 2.36. The second kappa shape index (κ2) is 7.00. The maximum absolute atomic E-state index is 13.8. The minimum Gasteiger partial charge on any atom is -0.497 e. The number of benzene rings is 2. The average molecular weight is 382 g/mol. The minimum atomic E-state index is -4.30. The van der Waals surface area contributed by atoms with E-state index in [0.717, 1.165) is 12.1 Å². The largest absolute Gasteiger partial charge is 0.497 e. The molecule has 1 amide bonds. The van der Waals surface area contributed by atoms with Gasteiger partial charge in [-0.05, 0) is 42.8 Å². The van der Waals surface area contributed by atoms with E-state index >= 15 is 0 Å². The lowest BCUT2D eigenvalue weighted by atomic mass is 10.2. The van der Waals surface area contributed by atoms with Crippen LogP contribution in [0.3, 0.4) is 0 Å². The first-order valence-corrected chi connectivity index (χ1v) is 9.23. The number of carbonyl (C=O) groups excluding carboxylic acids is 1. The summed E-state index contributed by atoms with van der Waals surface area (Å²) >= 11 is 0. The first-order chi connectivity index (χ1) is 12.3. The van der Waals surface area contributed by atoms with Crippen LogP contribution in [0.25, 0.3) is 0 Å². The zero-order chi connectivity index (χ0) is 18.9. The molecule has 0 bridgehead atoms. The Labute approximate surface area is 149 Å². The predicted octanol–water partition coefficient (Wildman–Crippen LogP) is 2.06. The first kappa shape index (κ1) is 18.3. The molecule has 0 aliphatic carbocycles. The molecule has 138 valence electrons. The second-order valence-corrected chi connectivity index (χ2v) is 7.41. The number of anilines is 1. The van der Waals surface area contributed by atoms with Crippen LogP contribution in [-0.2, 0) is 14.8 Å². The van der Waals surface area contributed by atoms with Crippen molar-refractivity contribution < 1.29 is 26.7 Å². The number of nitrogens with zero attached hydrogens (tertiary/aromatic N) is 1. The zero-order valence-corrected chi connectivity index (χ0v) is 14.6. The number of sulfonamides is 1. The molecule has 0 spiro atoms. The Morgan fingerprint density at radius 3 is 2.46 bits per heavy atom. The molecule has 1 saturated heterocycles. The van der Waals surface area contributed by atoms with Crippen molar-refractivity contribution in [3.8, 4) is 5.75 Å². The lowest BCUT2D eigenvalue weighted by molar-refractivity contribution is -0.118. The van der Waals surface area contributed by atoms with Gasteiger partial charge in [-0.1, -0.05) is 0 Å². The van der Waals surface area contributed by atoms with Crippen LogP contribution in [0.2, 0.25) is 0 Å². The monoisotopic (exact) mass is 382 g/mol. The number of rotatable bonds is 5. The van der Waals surface area contributed by atoms with Crippen LogP contribution >= 0.6 is 0 Å². The summed E-state index contributed by atoms with van der Waals surface area (Å²) in [5, 5.41) is 0. The van der Waals surface area contributed by atoms with Gasteiger partial charge in [0.1, 0.15) is 28.3 Å². The number of amides is 1. The highest BCUT2D eigenvalue weighted by atomic mass is 32.2. The van der Waals surface area contributed by atoms with Gasteiger partial charge in [0.15, 0.2) is 0 Å². The fourth-order valence-corrected chi connectivity index (χ4v) is 4.03. The van der Waals surface area contributed by atoms with Gasteiger partial charge in [-0.15, -0.1) is 0 Å². The van der Waals surface area contributed by atoms with Crippen LogP contribution in [0.5, 0.6) is 5.75 Å². The Balaban J connectivity index is 1.77. The quantitative estimate of drug-likeness (QED) is 0.859. The average Bonchev–Trinajstić information content (AvgIpc) is 2.94. The summed E-state index contributed by atoms with van der Waals surface area (Å²) in [6.07, 6.45) is 0.229. The molecule has 3 rings (SSSR count). The molecule has 1 aliphatic heterocycles. The smallest absolute Gasteiger partial charge is 0.245 e. The molecule has 1 heterocycles. The summed E-state index contributed by atoms with van der Waals surface area (Å²) in [6, 6.07) is 7.88. The maximum atomic E-state index is 13.8. The summed E-state index contributed by atoms with van der Waals surface area (Å²) < 4.78 is 58.7. The normalized spacial score (nSPS) is 17.6. The van der Waals surface area contributed by atoms with Gasteiger partial charge >= 0.3 is 0 Å². The Kier molecular flexibility index (Phi) is 4.92. The predicted molar refractivity (Wildman–Crippen MR) is 90.4 cm³/mol. The van der Waals surface area contributed by atoms with E-state index < -0.39 is 38.5 Å².